The van der Waals surface area contributed by atoms with E-state index in [0.29, 0.717) is 30.0 Å². The first-order valence-corrected chi connectivity index (χ1v) is 9.31. The number of hydrogen-bond donors (Lipinski definition) is 1. The Bertz CT molecular complexity index is 859. The Morgan fingerprint density at radius 1 is 1.24 bits per heavy atom. The number of morpholine rings is 1. The van der Waals surface area contributed by atoms with Crippen LogP contribution in [0.5, 0.6) is 11.5 Å². The van der Waals surface area contributed by atoms with Crippen molar-refractivity contribution in [1.82, 2.24) is 15.2 Å². The largest absolute Gasteiger partial charge is 0.493 e. The molecule has 1 aliphatic rings. The fourth-order valence-electron chi connectivity index (χ4n) is 3.23. The van der Waals surface area contributed by atoms with E-state index < -0.39 is 12.1 Å². The smallest absolute Gasteiger partial charge is 0.253 e. The van der Waals surface area contributed by atoms with Crippen molar-refractivity contribution in [2.45, 2.75) is 18.6 Å². The second-order valence-corrected chi connectivity index (χ2v) is 6.72. The maximum absolute atomic E-state index is 13.1. The fraction of sp³-hybridized carbons (Fsp3) is 0.381. The Hall–Kier alpha value is -3.13. The van der Waals surface area contributed by atoms with Crippen molar-refractivity contribution in [3.05, 3.63) is 53.9 Å². The zero-order valence-corrected chi connectivity index (χ0v) is 16.8. The quantitative estimate of drug-likeness (QED) is 0.756. The van der Waals surface area contributed by atoms with E-state index in [1.807, 2.05) is 18.2 Å². The number of nitrogens with zero attached hydrogens (tertiary/aromatic N) is 2. The van der Waals surface area contributed by atoms with E-state index >= 15 is 0 Å². The van der Waals surface area contributed by atoms with Crippen LogP contribution in [0.15, 0.2) is 42.6 Å². The lowest BCUT2D eigenvalue weighted by Crippen LogP contribution is -2.53. The number of hydrogen-bond acceptors (Lipinski definition) is 6. The van der Waals surface area contributed by atoms with Crippen molar-refractivity contribution in [1.29, 1.82) is 0 Å². The van der Waals surface area contributed by atoms with E-state index in [9.17, 15) is 9.59 Å². The Labute approximate surface area is 169 Å². The van der Waals surface area contributed by atoms with Gasteiger partial charge in [0.1, 0.15) is 6.61 Å². The molecular weight excluding hydrogens is 374 g/mol. The monoisotopic (exact) mass is 399 g/mol. The Morgan fingerprint density at radius 3 is 2.72 bits per heavy atom. The second-order valence-electron chi connectivity index (χ2n) is 6.72. The number of nitrogens with one attached hydrogen (secondary N) is 1. The van der Waals surface area contributed by atoms with Gasteiger partial charge in [0.25, 0.3) is 5.91 Å². The van der Waals surface area contributed by atoms with Gasteiger partial charge in [0, 0.05) is 31.9 Å². The minimum Gasteiger partial charge on any atom is -0.493 e. The Balaban J connectivity index is 1.76. The summed E-state index contributed by atoms with van der Waals surface area (Å²) in [5.41, 5.74) is 1.61. The molecule has 2 heterocycles. The molecule has 2 atom stereocenters. The number of benzene rings is 1. The number of likely N-dealkylation sites (N-methyl/N-ethyl adjacent to an activating group) is 1. The summed E-state index contributed by atoms with van der Waals surface area (Å²) < 4.78 is 16.2. The predicted octanol–water partition coefficient (Wildman–Crippen LogP) is 1.36. The van der Waals surface area contributed by atoms with Gasteiger partial charge in [0.05, 0.1) is 20.3 Å². The molecule has 154 valence electrons. The summed E-state index contributed by atoms with van der Waals surface area (Å²) in [6.07, 6.45) is 1.52. The standard InChI is InChI=1S/C21H25N3O5/c1-24(11-9-15-6-4-5-10-22-15)21(26)20-19(23-18(25)13-29-20)14-7-8-16(27-2)17(12-14)28-3/h4-8,10,12,19-20H,9,11,13H2,1-3H3,(H,23,25)/t19-,20+/m1/s1. The summed E-state index contributed by atoms with van der Waals surface area (Å²) >= 11 is 0. The summed E-state index contributed by atoms with van der Waals surface area (Å²) in [6.45, 7) is 0.330. The molecule has 1 saturated heterocycles. The highest BCUT2D eigenvalue weighted by Crippen LogP contribution is 2.32. The normalized spacial score (nSPS) is 18.7. The number of aromatic nitrogens is 1. The summed E-state index contributed by atoms with van der Waals surface area (Å²) in [4.78, 5) is 30.9. The Kier molecular flexibility index (Phi) is 6.66. The van der Waals surface area contributed by atoms with Crippen LogP contribution in [0, 0.1) is 0 Å². The van der Waals surface area contributed by atoms with Gasteiger partial charge in [-0.1, -0.05) is 12.1 Å². The van der Waals surface area contributed by atoms with Gasteiger partial charge in [-0.2, -0.15) is 0 Å². The van der Waals surface area contributed by atoms with E-state index in [-0.39, 0.29) is 18.4 Å². The molecule has 0 unspecified atom stereocenters. The third kappa shape index (κ3) is 4.83. The second kappa shape index (κ2) is 9.38. The number of rotatable bonds is 7. The van der Waals surface area contributed by atoms with Crippen molar-refractivity contribution >= 4 is 11.8 Å². The van der Waals surface area contributed by atoms with Crippen LogP contribution in [-0.2, 0) is 20.7 Å². The molecule has 0 radical (unpaired) electrons. The van der Waals surface area contributed by atoms with Crippen molar-refractivity contribution in [2.24, 2.45) is 0 Å². The van der Waals surface area contributed by atoms with Crippen LogP contribution in [-0.4, -0.2) is 62.2 Å². The van der Waals surface area contributed by atoms with Gasteiger partial charge in [-0.3, -0.25) is 14.6 Å². The minimum absolute atomic E-state index is 0.158. The molecule has 1 aromatic heterocycles. The average molecular weight is 399 g/mol. The van der Waals surface area contributed by atoms with Crippen LogP contribution in [0.3, 0.4) is 0 Å². The molecule has 0 aliphatic carbocycles. The lowest BCUT2D eigenvalue weighted by atomic mass is 9.98. The van der Waals surface area contributed by atoms with E-state index in [4.69, 9.17) is 14.2 Å². The van der Waals surface area contributed by atoms with Crippen LogP contribution in [0.4, 0.5) is 0 Å². The SMILES string of the molecule is COc1ccc([C@H]2NC(=O)CO[C@@H]2C(=O)N(C)CCc2ccccn2)cc1OC. The van der Waals surface area contributed by atoms with Crippen LogP contribution in [0.2, 0.25) is 0 Å². The molecule has 1 aliphatic heterocycles. The fourth-order valence-corrected chi connectivity index (χ4v) is 3.23. The third-order valence-electron chi connectivity index (χ3n) is 4.83. The van der Waals surface area contributed by atoms with E-state index in [1.54, 1.807) is 43.5 Å². The first kappa shape index (κ1) is 20.6. The first-order chi connectivity index (χ1) is 14.0. The molecule has 1 fully saturated rings. The lowest BCUT2D eigenvalue weighted by Gasteiger charge is -2.34. The molecule has 3 rings (SSSR count). The summed E-state index contributed by atoms with van der Waals surface area (Å²) in [7, 11) is 4.80. The molecule has 0 bridgehead atoms. The third-order valence-corrected chi connectivity index (χ3v) is 4.83. The zero-order chi connectivity index (χ0) is 20.8. The molecule has 29 heavy (non-hydrogen) atoms. The molecular formula is C21H25N3O5. The van der Waals surface area contributed by atoms with Gasteiger partial charge in [-0.25, -0.2) is 0 Å². The topological polar surface area (TPSA) is 90.0 Å². The Morgan fingerprint density at radius 2 is 2.03 bits per heavy atom. The lowest BCUT2D eigenvalue weighted by molar-refractivity contribution is -0.154. The van der Waals surface area contributed by atoms with Crippen molar-refractivity contribution in [3.8, 4) is 11.5 Å². The summed E-state index contributed by atoms with van der Waals surface area (Å²) in [6, 6.07) is 10.3. The van der Waals surface area contributed by atoms with Crippen LogP contribution < -0.4 is 14.8 Å². The van der Waals surface area contributed by atoms with Crippen LogP contribution >= 0.6 is 0 Å². The number of ether oxygens (including phenoxy) is 3. The summed E-state index contributed by atoms with van der Waals surface area (Å²) in [5, 5.41) is 2.86. The van der Waals surface area contributed by atoms with Gasteiger partial charge >= 0.3 is 0 Å². The molecule has 0 saturated carbocycles. The highest BCUT2D eigenvalue weighted by molar-refractivity contribution is 5.86. The molecule has 8 nitrogen and oxygen atoms in total. The van der Waals surface area contributed by atoms with E-state index in [2.05, 4.69) is 10.3 Å². The molecule has 2 aromatic rings. The van der Waals surface area contributed by atoms with Crippen LogP contribution in [0.25, 0.3) is 0 Å². The highest BCUT2D eigenvalue weighted by atomic mass is 16.5. The van der Waals surface area contributed by atoms with Crippen molar-refractivity contribution in [3.63, 3.8) is 0 Å². The number of amides is 2. The number of carbonyl (C=O) groups is 2. The van der Waals surface area contributed by atoms with Gasteiger partial charge in [-0.05, 0) is 29.8 Å². The molecule has 2 amide bonds. The van der Waals surface area contributed by atoms with Crippen molar-refractivity contribution < 1.29 is 23.8 Å². The number of methoxy groups -OCH3 is 2. The number of carbonyl (C=O) groups excluding carboxylic acids is 2. The van der Waals surface area contributed by atoms with Gasteiger partial charge in [-0.15, -0.1) is 0 Å². The average Bonchev–Trinajstić information content (AvgIpc) is 2.77. The highest BCUT2D eigenvalue weighted by Gasteiger charge is 2.37. The van der Waals surface area contributed by atoms with Crippen LogP contribution in [0.1, 0.15) is 17.3 Å². The zero-order valence-electron chi connectivity index (χ0n) is 16.8. The van der Waals surface area contributed by atoms with E-state index in [0.717, 1.165) is 5.69 Å². The maximum Gasteiger partial charge on any atom is 0.253 e. The minimum atomic E-state index is -0.834. The number of pyridine rings is 1. The molecule has 8 heteroatoms. The molecule has 1 aromatic carbocycles. The summed E-state index contributed by atoms with van der Waals surface area (Å²) in [5.74, 6) is 0.597. The van der Waals surface area contributed by atoms with E-state index in [1.165, 1.54) is 7.11 Å². The van der Waals surface area contributed by atoms with Crippen molar-refractivity contribution in [2.75, 3.05) is 34.4 Å². The predicted molar refractivity (Wildman–Crippen MR) is 106 cm³/mol. The van der Waals surface area contributed by atoms with Gasteiger partial charge in [0.2, 0.25) is 5.91 Å². The van der Waals surface area contributed by atoms with Gasteiger partial charge in [0.15, 0.2) is 17.6 Å². The van der Waals surface area contributed by atoms with Gasteiger partial charge < -0.3 is 24.4 Å². The molecule has 1 N–H and O–H groups in total. The first-order valence-electron chi connectivity index (χ1n) is 9.31. The maximum atomic E-state index is 13.1. The molecule has 0 spiro atoms.